The van der Waals surface area contributed by atoms with Gasteiger partial charge >= 0.3 is 0 Å². The van der Waals surface area contributed by atoms with E-state index < -0.39 is 20.9 Å². The second-order valence-electron chi connectivity index (χ2n) is 6.00. The molecule has 23 heavy (non-hydrogen) atoms. The van der Waals surface area contributed by atoms with Crippen LogP contribution in [0.3, 0.4) is 0 Å². The van der Waals surface area contributed by atoms with E-state index in [1.54, 1.807) is 11.9 Å². The first-order valence-electron chi connectivity index (χ1n) is 7.78. The Morgan fingerprint density at radius 2 is 1.87 bits per heavy atom. The summed E-state index contributed by atoms with van der Waals surface area (Å²) in [6.07, 6.45) is 1.68. The molecule has 1 aromatic rings. The predicted molar refractivity (Wildman–Crippen MR) is 86.3 cm³/mol. The molecule has 7 heteroatoms. The quantitative estimate of drug-likeness (QED) is 0.825. The SMILES string of the molecule is CC(CC(=O)N(C)C1CCNCC1)S(=O)(=O)c1ccc(F)cc1. The van der Waals surface area contributed by atoms with Crippen molar-refractivity contribution < 1.29 is 17.6 Å². The van der Waals surface area contributed by atoms with Crippen molar-refractivity contribution in [3.05, 3.63) is 30.1 Å². The fraction of sp³-hybridized carbons (Fsp3) is 0.562. The highest BCUT2D eigenvalue weighted by Crippen LogP contribution is 2.20. The van der Waals surface area contributed by atoms with Crippen molar-refractivity contribution in [2.24, 2.45) is 0 Å². The lowest BCUT2D eigenvalue weighted by molar-refractivity contribution is -0.132. The Kier molecular flexibility index (Phi) is 5.75. The minimum atomic E-state index is -3.64. The van der Waals surface area contributed by atoms with Crippen LogP contribution in [0.1, 0.15) is 26.2 Å². The smallest absolute Gasteiger partial charge is 0.223 e. The molecule has 0 spiro atoms. The molecule has 128 valence electrons. The zero-order valence-electron chi connectivity index (χ0n) is 13.5. The molecule has 1 atom stereocenters. The summed E-state index contributed by atoms with van der Waals surface area (Å²) in [7, 11) is -1.91. The normalized spacial score (nSPS) is 17.7. The number of benzene rings is 1. The summed E-state index contributed by atoms with van der Waals surface area (Å²) in [5.74, 6) is -0.659. The zero-order chi connectivity index (χ0) is 17.0. The van der Waals surface area contributed by atoms with E-state index in [1.165, 1.54) is 19.1 Å². The molecule has 1 aromatic carbocycles. The molecule has 1 aliphatic rings. The Hall–Kier alpha value is -1.47. The number of rotatable bonds is 5. The van der Waals surface area contributed by atoms with Gasteiger partial charge in [0.25, 0.3) is 0 Å². The molecule has 0 radical (unpaired) electrons. The van der Waals surface area contributed by atoms with Crippen LogP contribution in [0.2, 0.25) is 0 Å². The van der Waals surface area contributed by atoms with Crippen LogP contribution in [0.4, 0.5) is 4.39 Å². The van der Waals surface area contributed by atoms with E-state index >= 15 is 0 Å². The topological polar surface area (TPSA) is 66.5 Å². The first-order chi connectivity index (χ1) is 10.8. The molecule has 1 aliphatic heterocycles. The summed E-state index contributed by atoms with van der Waals surface area (Å²) >= 11 is 0. The van der Waals surface area contributed by atoms with E-state index in [9.17, 15) is 17.6 Å². The third-order valence-corrected chi connectivity index (χ3v) is 6.54. The molecule has 0 aliphatic carbocycles. The highest BCUT2D eigenvalue weighted by atomic mass is 32.2. The fourth-order valence-electron chi connectivity index (χ4n) is 2.75. The van der Waals surface area contributed by atoms with Crippen molar-refractivity contribution in [3.63, 3.8) is 0 Å². The maximum Gasteiger partial charge on any atom is 0.223 e. The number of amides is 1. The second kappa shape index (κ2) is 7.40. The van der Waals surface area contributed by atoms with E-state index in [0.717, 1.165) is 38.1 Å². The van der Waals surface area contributed by atoms with Gasteiger partial charge in [-0.3, -0.25) is 4.79 Å². The molecule has 0 aromatic heterocycles. The van der Waals surface area contributed by atoms with Gasteiger partial charge < -0.3 is 10.2 Å². The fourth-order valence-corrected chi connectivity index (χ4v) is 4.10. The maximum absolute atomic E-state index is 12.9. The van der Waals surface area contributed by atoms with E-state index in [0.29, 0.717) is 0 Å². The van der Waals surface area contributed by atoms with Gasteiger partial charge in [-0.1, -0.05) is 0 Å². The summed E-state index contributed by atoms with van der Waals surface area (Å²) in [4.78, 5) is 14.1. The van der Waals surface area contributed by atoms with Crippen LogP contribution >= 0.6 is 0 Å². The van der Waals surface area contributed by atoms with Crippen LogP contribution in [0, 0.1) is 5.82 Å². The summed E-state index contributed by atoms with van der Waals surface area (Å²) < 4.78 is 37.9. The van der Waals surface area contributed by atoms with Crippen LogP contribution in [0.5, 0.6) is 0 Å². The lowest BCUT2D eigenvalue weighted by Crippen LogP contribution is -2.45. The first-order valence-corrected chi connectivity index (χ1v) is 9.33. The van der Waals surface area contributed by atoms with Crippen molar-refractivity contribution in [3.8, 4) is 0 Å². The molecule has 1 saturated heterocycles. The third-order valence-electron chi connectivity index (χ3n) is 4.38. The minimum Gasteiger partial charge on any atom is -0.343 e. The van der Waals surface area contributed by atoms with Gasteiger partial charge in [0, 0.05) is 19.5 Å². The second-order valence-corrected chi connectivity index (χ2v) is 8.37. The number of hydrogen-bond acceptors (Lipinski definition) is 4. The lowest BCUT2D eigenvalue weighted by atomic mass is 10.0. The van der Waals surface area contributed by atoms with E-state index in [4.69, 9.17) is 0 Å². The average Bonchev–Trinajstić information content (AvgIpc) is 2.55. The Bertz CT molecular complexity index is 640. The third kappa shape index (κ3) is 4.29. The van der Waals surface area contributed by atoms with Gasteiger partial charge in [0.1, 0.15) is 5.82 Å². The van der Waals surface area contributed by atoms with Gasteiger partial charge in [-0.2, -0.15) is 0 Å². The largest absolute Gasteiger partial charge is 0.343 e. The number of hydrogen-bond donors (Lipinski definition) is 1. The summed E-state index contributed by atoms with van der Waals surface area (Å²) in [5.41, 5.74) is 0. The van der Waals surface area contributed by atoms with Crippen molar-refractivity contribution in [1.29, 1.82) is 0 Å². The molecular weight excluding hydrogens is 319 g/mol. The minimum absolute atomic E-state index is 0.0451. The molecule has 0 bridgehead atoms. The van der Waals surface area contributed by atoms with Crippen LogP contribution in [0.25, 0.3) is 0 Å². The highest BCUT2D eigenvalue weighted by Gasteiger charge is 2.29. The summed E-state index contributed by atoms with van der Waals surface area (Å²) in [6, 6.07) is 4.86. The monoisotopic (exact) mass is 342 g/mol. The van der Waals surface area contributed by atoms with Crippen LogP contribution in [-0.2, 0) is 14.6 Å². The Balaban J connectivity index is 2.03. The molecule has 1 N–H and O–H groups in total. The van der Waals surface area contributed by atoms with Crippen molar-refractivity contribution in [2.45, 2.75) is 42.4 Å². The average molecular weight is 342 g/mol. The first kappa shape index (κ1) is 17.9. The number of piperidine rings is 1. The number of nitrogens with one attached hydrogen (secondary N) is 1. The molecule has 1 fully saturated rings. The van der Waals surface area contributed by atoms with Crippen molar-refractivity contribution >= 4 is 15.7 Å². The zero-order valence-corrected chi connectivity index (χ0v) is 14.3. The van der Waals surface area contributed by atoms with Crippen LogP contribution in [-0.4, -0.2) is 50.7 Å². The molecule has 0 saturated carbocycles. The standard InChI is InChI=1S/C16H23FN2O3S/c1-12(23(21,22)15-5-3-13(17)4-6-15)11-16(20)19(2)14-7-9-18-10-8-14/h3-6,12,14,18H,7-11H2,1-2H3. The number of nitrogens with zero attached hydrogens (tertiary/aromatic N) is 1. The molecule has 2 rings (SSSR count). The van der Waals surface area contributed by atoms with Gasteiger partial charge in [-0.25, -0.2) is 12.8 Å². The summed E-state index contributed by atoms with van der Waals surface area (Å²) in [5, 5.41) is 2.39. The maximum atomic E-state index is 12.9. The molecule has 1 amide bonds. The van der Waals surface area contributed by atoms with E-state index in [1.807, 2.05) is 0 Å². The summed E-state index contributed by atoms with van der Waals surface area (Å²) in [6.45, 7) is 3.25. The van der Waals surface area contributed by atoms with Crippen molar-refractivity contribution in [1.82, 2.24) is 10.2 Å². The Morgan fingerprint density at radius 1 is 1.30 bits per heavy atom. The predicted octanol–water partition coefficient (Wildman–Crippen LogP) is 1.59. The van der Waals surface area contributed by atoms with Gasteiger partial charge in [-0.15, -0.1) is 0 Å². The number of carbonyl (C=O) groups excluding carboxylic acids is 1. The van der Waals surface area contributed by atoms with Gasteiger partial charge in [0.05, 0.1) is 10.1 Å². The number of sulfone groups is 1. The van der Waals surface area contributed by atoms with E-state index in [2.05, 4.69) is 5.32 Å². The Morgan fingerprint density at radius 3 is 2.43 bits per heavy atom. The van der Waals surface area contributed by atoms with Crippen molar-refractivity contribution in [2.75, 3.05) is 20.1 Å². The van der Waals surface area contributed by atoms with Crippen LogP contribution < -0.4 is 5.32 Å². The van der Waals surface area contributed by atoms with E-state index in [-0.39, 0.29) is 23.3 Å². The number of halogens is 1. The Labute approximate surface area is 136 Å². The van der Waals surface area contributed by atoms with Crippen LogP contribution in [0.15, 0.2) is 29.2 Å². The molecule has 5 nitrogen and oxygen atoms in total. The number of carbonyl (C=O) groups is 1. The molecule has 1 unspecified atom stereocenters. The lowest BCUT2D eigenvalue weighted by Gasteiger charge is -2.32. The molecular formula is C16H23FN2O3S. The highest BCUT2D eigenvalue weighted by molar-refractivity contribution is 7.92. The van der Waals surface area contributed by atoms with Gasteiger partial charge in [0.2, 0.25) is 5.91 Å². The van der Waals surface area contributed by atoms with Gasteiger partial charge in [0.15, 0.2) is 9.84 Å². The molecule has 1 heterocycles. The van der Waals surface area contributed by atoms with Gasteiger partial charge in [-0.05, 0) is 57.1 Å².